The van der Waals surface area contributed by atoms with Crippen LogP contribution in [0.4, 0.5) is 10.5 Å². The first-order valence-electron chi connectivity index (χ1n) is 8.29. The molecule has 0 bridgehead atoms. The van der Waals surface area contributed by atoms with Crippen molar-refractivity contribution in [2.45, 2.75) is 19.0 Å². The molecule has 0 N–H and O–H groups in total. The second-order valence-electron chi connectivity index (χ2n) is 6.30. The Balaban J connectivity index is 1.54. The van der Waals surface area contributed by atoms with E-state index < -0.39 is 6.04 Å². The smallest absolute Gasteiger partial charge is 0.332 e. The van der Waals surface area contributed by atoms with E-state index in [1.54, 1.807) is 17.0 Å². The minimum atomic E-state index is -0.436. The second-order valence-corrected chi connectivity index (χ2v) is 7.08. The van der Waals surface area contributed by atoms with Crippen molar-refractivity contribution in [1.82, 2.24) is 9.80 Å². The van der Waals surface area contributed by atoms with Gasteiger partial charge in [-0.15, -0.1) is 0 Å². The van der Waals surface area contributed by atoms with Gasteiger partial charge in [-0.2, -0.15) is 0 Å². The van der Waals surface area contributed by atoms with Crippen molar-refractivity contribution in [3.8, 4) is 0 Å². The fourth-order valence-corrected chi connectivity index (χ4v) is 3.82. The van der Waals surface area contributed by atoms with E-state index in [-0.39, 0.29) is 11.9 Å². The Labute approximate surface area is 154 Å². The van der Waals surface area contributed by atoms with Gasteiger partial charge in [-0.05, 0) is 46.6 Å². The molecule has 0 aliphatic carbocycles. The van der Waals surface area contributed by atoms with Crippen molar-refractivity contribution >= 4 is 33.6 Å². The maximum atomic E-state index is 12.9. The van der Waals surface area contributed by atoms with E-state index in [0.717, 1.165) is 18.7 Å². The zero-order chi connectivity index (χ0) is 17.4. The van der Waals surface area contributed by atoms with E-state index >= 15 is 0 Å². The van der Waals surface area contributed by atoms with Crippen molar-refractivity contribution < 1.29 is 14.0 Å². The average molecular weight is 404 g/mol. The number of furan rings is 1. The Morgan fingerprint density at radius 2 is 1.88 bits per heavy atom. The zero-order valence-electron chi connectivity index (χ0n) is 13.6. The standard InChI is InChI=1S/C18H18BrN3O3/c19-16-8-7-14(25-16)11-20-9-4-10-21-15(12-20)17(23)22(18(21)24)13-5-2-1-3-6-13/h1-3,5-8,15H,4,9-12H2. The van der Waals surface area contributed by atoms with Crippen molar-refractivity contribution in [2.24, 2.45) is 0 Å². The van der Waals surface area contributed by atoms with Crippen molar-refractivity contribution in [1.29, 1.82) is 0 Å². The molecule has 4 rings (SSSR count). The number of fused-ring (bicyclic) bond motifs is 1. The number of para-hydroxylation sites is 1. The Morgan fingerprint density at radius 3 is 2.60 bits per heavy atom. The lowest BCUT2D eigenvalue weighted by Crippen LogP contribution is -2.41. The molecule has 2 aliphatic heterocycles. The van der Waals surface area contributed by atoms with E-state index in [9.17, 15) is 9.59 Å². The van der Waals surface area contributed by atoms with Crippen LogP contribution in [-0.2, 0) is 11.3 Å². The van der Waals surface area contributed by atoms with Gasteiger partial charge in [-0.1, -0.05) is 18.2 Å². The average Bonchev–Trinajstić information content (AvgIpc) is 3.01. The molecule has 2 aromatic rings. The topological polar surface area (TPSA) is 57.0 Å². The number of hydrogen-bond acceptors (Lipinski definition) is 4. The fourth-order valence-electron chi connectivity index (χ4n) is 3.48. The number of amides is 3. The van der Waals surface area contributed by atoms with Gasteiger partial charge in [-0.3, -0.25) is 9.69 Å². The number of carbonyl (C=O) groups excluding carboxylic acids is 2. The fraction of sp³-hybridized carbons (Fsp3) is 0.333. The van der Waals surface area contributed by atoms with Crippen molar-refractivity contribution in [3.63, 3.8) is 0 Å². The number of halogens is 1. The molecule has 3 amide bonds. The van der Waals surface area contributed by atoms with Gasteiger partial charge >= 0.3 is 6.03 Å². The lowest BCUT2D eigenvalue weighted by atomic mass is 10.2. The molecule has 2 fully saturated rings. The SMILES string of the molecule is O=C1C2CN(Cc3ccc(Br)o3)CCCN2C(=O)N1c1ccccc1. The molecule has 25 heavy (non-hydrogen) atoms. The molecule has 1 aromatic heterocycles. The molecule has 0 radical (unpaired) electrons. The third-order valence-corrected chi connectivity index (χ3v) is 5.07. The summed E-state index contributed by atoms with van der Waals surface area (Å²) < 4.78 is 6.27. The lowest BCUT2D eigenvalue weighted by molar-refractivity contribution is -0.120. The summed E-state index contributed by atoms with van der Waals surface area (Å²) in [5.74, 6) is 0.695. The zero-order valence-corrected chi connectivity index (χ0v) is 15.2. The lowest BCUT2D eigenvalue weighted by Gasteiger charge is -2.22. The number of benzene rings is 1. The number of nitrogens with zero attached hydrogens (tertiary/aromatic N) is 3. The molecule has 1 atom stereocenters. The quantitative estimate of drug-likeness (QED) is 0.738. The largest absolute Gasteiger partial charge is 0.453 e. The van der Waals surface area contributed by atoms with Crippen LogP contribution in [-0.4, -0.2) is 47.4 Å². The highest BCUT2D eigenvalue weighted by molar-refractivity contribution is 9.10. The first-order valence-corrected chi connectivity index (χ1v) is 9.09. The minimum Gasteiger partial charge on any atom is -0.453 e. The Bertz CT molecular complexity index is 792. The van der Waals surface area contributed by atoms with Gasteiger partial charge in [0.15, 0.2) is 4.67 Å². The number of imide groups is 1. The van der Waals surface area contributed by atoms with Crippen LogP contribution in [0.5, 0.6) is 0 Å². The van der Waals surface area contributed by atoms with Crippen LogP contribution in [0.25, 0.3) is 0 Å². The summed E-state index contributed by atoms with van der Waals surface area (Å²) in [6.45, 7) is 2.57. The predicted molar refractivity (Wildman–Crippen MR) is 96.1 cm³/mol. The van der Waals surface area contributed by atoms with E-state index in [0.29, 0.717) is 30.0 Å². The van der Waals surface area contributed by atoms with Crippen LogP contribution >= 0.6 is 15.9 Å². The molecular formula is C18H18BrN3O3. The van der Waals surface area contributed by atoms with Gasteiger partial charge in [0.2, 0.25) is 0 Å². The van der Waals surface area contributed by atoms with Crippen LogP contribution in [0.2, 0.25) is 0 Å². The molecule has 0 saturated carbocycles. The Hall–Kier alpha value is -2.12. The van der Waals surface area contributed by atoms with Gasteiger partial charge in [0, 0.05) is 19.6 Å². The number of anilines is 1. The van der Waals surface area contributed by atoms with Crippen LogP contribution < -0.4 is 4.90 Å². The van der Waals surface area contributed by atoms with Gasteiger partial charge in [0.25, 0.3) is 5.91 Å². The van der Waals surface area contributed by atoms with Gasteiger partial charge in [0.1, 0.15) is 11.8 Å². The summed E-state index contributed by atoms with van der Waals surface area (Å²) in [4.78, 5) is 30.9. The van der Waals surface area contributed by atoms with E-state index in [1.807, 2.05) is 30.3 Å². The number of hydrogen-bond donors (Lipinski definition) is 0. The van der Waals surface area contributed by atoms with Crippen molar-refractivity contribution in [3.05, 3.63) is 52.9 Å². The van der Waals surface area contributed by atoms with E-state index in [1.165, 1.54) is 4.90 Å². The Kier molecular flexibility index (Phi) is 4.35. The number of urea groups is 1. The maximum absolute atomic E-state index is 12.9. The number of rotatable bonds is 3. The first-order chi connectivity index (χ1) is 12.1. The molecule has 2 saturated heterocycles. The third-order valence-electron chi connectivity index (χ3n) is 4.65. The summed E-state index contributed by atoms with van der Waals surface area (Å²) >= 11 is 3.31. The van der Waals surface area contributed by atoms with Crippen LogP contribution in [0.3, 0.4) is 0 Å². The molecule has 0 spiro atoms. The molecule has 6 nitrogen and oxygen atoms in total. The minimum absolute atomic E-state index is 0.149. The van der Waals surface area contributed by atoms with Crippen LogP contribution in [0.15, 0.2) is 51.6 Å². The molecule has 7 heteroatoms. The molecule has 1 aromatic carbocycles. The van der Waals surface area contributed by atoms with E-state index in [4.69, 9.17) is 4.42 Å². The van der Waals surface area contributed by atoms with Crippen molar-refractivity contribution in [2.75, 3.05) is 24.5 Å². The highest BCUT2D eigenvalue weighted by Gasteiger charge is 2.47. The summed E-state index contributed by atoms with van der Waals surface area (Å²) in [5.41, 5.74) is 0.632. The van der Waals surface area contributed by atoms with E-state index in [2.05, 4.69) is 20.8 Å². The molecule has 130 valence electrons. The maximum Gasteiger partial charge on any atom is 0.332 e. The van der Waals surface area contributed by atoms with Gasteiger partial charge in [-0.25, -0.2) is 9.69 Å². The predicted octanol–water partition coefficient (Wildman–Crippen LogP) is 3.09. The van der Waals surface area contributed by atoms with Crippen LogP contribution in [0, 0.1) is 0 Å². The molecule has 2 aliphatic rings. The monoisotopic (exact) mass is 403 g/mol. The first kappa shape index (κ1) is 16.4. The third kappa shape index (κ3) is 3.09. The normalized spacial score (nSPS) is 21.6. The highest BCUT2D eigenvalue weighted by Crippen LogP contribution is 2.28. The van der Waals surface area contributed by atoms with Gasteiger partial charge < -0.3 is 9.32 Å². The van der Waals surface area contributed by atoms with Gasteiger partial charge in [0.05, 0.1) is 12.2 Å². The van der Waals surface area contributed by atoms with Crippen LogP contribution in [0.1, 0.15) is 12.2 Å². The molecule has 1 unspecified atom stereocenters. The molecular weight excluding hydrogens is 386 g/mol. The summed E-state index contributed by atoms with van der Waals surface area (Å²) in [5, 5.41) is 0. The Morgan fingerprint density at radius 1 is 1.08 bits per heavy atom. The number of carbonyl (C=O) groups is 2. The summed E-state index contributed by atoms with van der Waals surface area (Å²) in [6.07, 6.45) is 0.833. The summed E-state index contributed by atoms with van der Waals surface area (Å²) in [7, 11) is 0. The molecule has 3 heterocycles. The highest BCUT2D eigenvalue weighted by atomic mass is 79.9. The summed E-state index contributed by atoms with van der Waals surface area (Å²) in [6, 6.07) is 12.3. The second kappa shape index (κ2) is 6.65.